The van der Waals surface area contributed by atoms with Crippen molar-refractivity contribution in [3.8, 4) is 0 Å². The minimum atomic E-state index is -0.141. The van der Waals surface area contributed by atoms with Gasteiger partial charge in [-0.05, 0) is 104 Å². The number of ether oxygens (including phenoxy) is 1. The van der Waals surface area contributed by atoms with Crippen molar-refractivity contribution in [1.29, 1.82) is 0 Å². The van der Waals surface area contributed by atoms with Gasteiger partial charge in [0, 0.05) is 6.42 Å². The molecule has 29 heavy (non-hydrogen) atoms. The molecule has 1 N–H and O–H groups in total. The van der Waals surface area contributed by atoms with E-state index in [1.54, 1.807) is 0 Å². The number of carbonyl (C=O) groups is 1. The van der Waals surface area contributed by atoms with E-state index >= 15 is 0 Å². The van der Waals surface area contributed by atoms with Crippen LogP contribution in [0.4, 0.5) is 0 Å². The van der Waals surface area contributed by atoms with Crippen LogP contribution in [-0.4, -0.2) is 24.3 Å². The molecule has 4 aliphatic carbocycles. The first kappa shape index (κ1) is 21.7. The smallest absolute Gasteiger partial charge is 0.305 e. The van der Waals surface area contributed by atoms with Gasteiger partial charge in [0.15, 0.2) is 0 Å². The molecule has 166 valence electrons. The minimum absolute atomic E-state index is 0.0774. The average molecular weight is 405 g/mol. The van der Waals surface area contributed by atoms with Crippen LogP contribution in [-0.2, 0) is 9.53 Å². The predicted octanol–water partition coefficient (Wildman–Crippen LogP) is 5.99. The number of esters is 1. The van der Waals surface area contributed by atoms with Crippen LogP contribution in [0.1, 0.15) is 97.8 Å². The van der Waals surface area contributed by atoms with Crippen molar-refractivity contribution >= 4 is 5.97 Å². The van der Waals surface area contributed by atoms with Crippen molar-refractivity contribution in [3.05, 3.63) is 0 Å². The highest BCUT2D eigenvalue weighted by Crippen LogP contribution is 2.68. The molecule has 0 aromatic heterocycles. The van der Waals surface area contributed by atoms with Crippen LogP contribution >= 0.6 is 0 Å². The molecule has 0 aliphatic heterocycles. The van der Waals surface area contributed by atoms with E-state index in [0.717, 1.165) is 36.0 Å². The Hall–Kier alpha value is -0.570. The molecule has 4 rings (SSSR count). The zero-order chi connectivity index (χ0) is 20.6. The monoisotopic (exact) mass is 404 g/mol. The normalized spacial score (nSPS) is 45.0. The SMILES string of the molecule is C[C@H](CCC(=O)OCCO)[C@H]1CCC2C3CCC4CCCC[C@]4(C)C3CC[C@@]21C. The molecule has 0 heterocycles. The van der Waals surface area contributed by atoms with Crippen LogP contribution in [0, 0.1) is 46.3 Å². The fourth-order valence-electron chi connectivity index (χ4n) is 9.05. The first-order valence-corrected chi connectivity index (χ1v) is 12.7. The Kier molecular flexibility index (Phi) is 6.36. The van der Waals surface area contributed by atoms with E-state index in [-0.39, 0.29) is 19.2 Å². The Morgan fingerprint density at radius 3 is 2.59 bits per heavy atom. The number of rotatable bonds is 6. The second kappa shape index (κ2) is 8.52. The molecule has 4 aliphatic rings. The van der Waals surface area contributed by atoms with E-state index < -0.39 is 0 Å². The summed E-state index contributed by atoms with van der Waals surface area (Å²) >= 11 is 0. The molecule has 4 fully saturated rings. The van der Waals surface area contributed by atoms with Crippen molar-refractivity contribution in [3.63, 3.8) is 0 Å². The molecular formula is C26H44O3. The summed E-state index contributed by atoms with van der Waals surface area (Å²) < 4.78 is 5.08. The van der Waals surface area contributed by atoms with E-state index in [4.69, 9.17) is 9.84 Å². The predicted molar refractivity (Wildman–Crippen MR) is 116 cm³/mol. The third-order valence-corrected chi connectivity index (χ3v) is 10.5. The maximum Gasteiger partial charge on any atom is 0.305 e. The number of carbonyl (C=O) groups excluding carboxylic acids is 1. The van der Waals surface area contributed by atoms with Gasteiger partial charge in [0.05, 0.1) is 6.61 Å². The lowest BCUT2D eigenvalue weighted by atomic mass is 9.44. The summed E-state index contributed by atoms with van der Waals surface area (Å²) in [5, 5.41) is 8.84. The van der Waals surface area contributed by atoms with Gasteiger partial charge in [0.25, 0.3) is 0 Å². The molecular weight excluding hydrogens is 360 g/mol. The zero-order valence-electron chi connectivity index (χ0n) is 19.1. The lowest BCUT2D eigenvalue weighted by Crippen LogP contribution is -2.53. The maximum absolute atomic E-state index is 11.9. The van der Waals surface area contributed by atoms with Gasteiger partial charge in [-0.15, -0.1) is 0 Å². The molecule has 0 saturated heterocycles. The van der Waals surface area contributed by atoms with Crippen LogP contribution in [0.2, 0.25) is 0 Å². The number of hydrogen-bond donors (Lipinski definition) is 1. The van der Waals surface area contributed by atoms with Crippen LogP contribution in [0.5, 0.6) is 0 Å². The summed E-state index contributed by atoms with van der Waals surface area (Å²) in [6, 6.07) is 0. The highest BCUT2D eigenvalue weighted by atomic mass is 16.5. The summed E-state index contributed by atoms with van der Waals surface area (Å²) in [6.45, 7) is 7.72. The number of fused-ring (bicyclic) bond motifs is 5. The van der Waals surface area contributed by atoms with Crippen molar-refractivity contribution < 1.29 is 14.6 Å². The van der Waals surface area contributed by atoms with E-state index in [1.807, 2.05) is 0 Å². The fraction of sp³-hybridized carbons (Fsp3) is 0.962. The Balaban J connectivity index is 1.42. The third-order valence-electron chi connectivity index (χ3n) is 10.5. The van der Waals surface area contributed by atoms with Crippen LogP contribution in [0.3, 0.4) is 0 Å². The van der Waals surface area contributed by atoms with Crippen molar-refractivity contribution in [2.24, 2.45) is 46.3 Å². The van der Waals surface area contributed by atoms with Crippen LogP contribution < -0.4 is 0 Å². The molecule has 0 spiro atoms. The lowest BCUT2D eigenvalue weighted by molar-refractivity contribution is -0.145. The topological polar surface area (TPSA) is 46.5 Å². The Labute approximate surface area is 178 Å². The van der Waals surface area contributed by atoms with Gasteiger partial charge in [-0.1, -0.05) is 33.6 Å². The van der Waals surface area contributed by atoms with Crippen molar-refractivity contribution in [2.45, 2.75) is 97.8 Å². The highest BCUT2D eigenvalue weighted by Gasteiger charge is 2.60. The molecule has 3 heteroatoms. The summed E-state index contributed by atoms with van der Waals surface area (Å²) in [6.07, 6.45) is 16.0. The molecule has 8 atom stereocenters. The van der Waals surface area contributed by atoms with Gasteiger partial charge in [-0.3, -0.25) is 4.79 Å². The van der Waals surface area contributed by atoms with Gasteiger partial charge in [-0.25, -0.2) is 0 Å². The molecule has 0 amide bonds. The summed E-state index contributed by atoms with van der Waals surface area (Å²) in [7, 11) is 0. The van der Waals surface area contributed by atoms with E-state index in [1.165, 1.54) is 64.2 Å². The fourth-order valence-corrected chi connectivity index (χ4v) is 9.05. The average Bonchev–Trinajstić information content (AvgIpc) is 3.07. The second-order valence-corrected chi connectivity index (χ2v) is 11.6. The van der Waals surface area contributed by atoms with Gasteiger partial charge in [0.1, 0.15) is 6.61 Å². The zero-order valence-corrected chi connectivity index (χ0v) is 19.1. The number of aliphatic hydroxyl groups excluding tert-OH is 1. The largest absolute Gasteiger partial charge is 0.463 e. The van der Waals surface area contributed by atoms with E-state index in [0.29, 0.717) is 23.2 Å². The molecule has 0 aromatic carbocycles. The molecule has 0 bridgehead atoms. The first-order valence-electron chi connectivity index (χ1n) is 12.7. The molecule has 0 radical (unpaired) electrons. The minimum Gasteiger partial charge on any atom is -0.463 e. The number of hydrogen-bond acceptors (Lipinski definition) is 3. The van der Waals surface area contributed by atoms with Gasteiger partial charge in [-0.2, -0.15) is 0 Å². The molecule has 3 nitrogen and oxygen atoms in total. The Morgan fingerprint density at radius 1 is 1.00 bits per heavy atom. The van der Waals surface area contributed by atoms with Crippen molar-refractivity contribution in [2.75, 3.05) is 13.2 Å². The Morgan fingerprint density at radius 2 is 1.79 bits per heavy atom. The highest BCUT2D eigenvalue weighted by molar-refractivity contribution is 5.69. The van der Waals surface area contributed by atoms with Crippen LogP contribution in [0.25, 0.3) is 0 Å². The van der Waals surface area contributed by atoms with E-state index in [9.17, 15) is 4.79 Å². The van der Waals surface area contributed by atoms with E-state index in [2.05, 4.69) is 20.8 Å². The summed E-state index contributed by atoms with van der Waals surface area (Å²) in [5.41, 5.74) is 1.11. The quantitative estimate of drug-likeness (QED) is 0.553. The van der Waals surface area contributed by atoms with Gasteiger partial charge < -0.3 is 9.84 Å². The standard InChI is InChI=1S/C26H44O3/c1-18(7-12-24(28)29-17-16-27)21-10-11-22-20-9-8-19-6-4-5-14-25(19,2)23(20)13-15-26(21,22)3/h18-23,27H,4-17H2,1-3H3/t18-,19?,20?,21-,22?,23?,25+,26-/m1/s1. The number of aliphatic hydroxyl groups is 1. The van der Waals surface area contributed by atoms with Gasteiger partial charge >= 0.3 is 5.97 Å². The molecule has 4 saturated carbocycles. The lowest BCUT2D eigenvalue weighted by Gasteiger charge is -2.61. The molecule has 0 aromatic rings. The second-order valence-electron chi connectivity index (χ2n) is 11.6. The summed E-state index contributed by atoms with van der Waals surface area (Å²) in [5.74, 6) is 5.05. The molecule has 4 unspecified atom stereocenters. The maximum atomic E-state index is 11.9. The summed E-state index contributed by atoms with van der Waals surface area (Å²) in [4.78, 5) is 11.9. The van der Waals surface area contributed by atoms with Crippen LogP contribution in [0.15, 0.2) is 0 Å². The van der Waals surface area contributed by atoms with Crippen molar-refractivity contribution in [1.82, 2.24) is 0 Å². The first-order chi connectivity index (χ1) is 13.9. The third kappa shape index (κ3) is 3.79. The van der Waals surface area contributed by atoms with Gasteiger partial charge in [0.2, 0.25) is 0 Å². The Bertz CT molecular complexity index is 589.